The lowest BCUT2D eigenvalue weighted by Crippen LogP contribution is -2.39. The average Bonchev–Trinajstić information content (AvgIpc) is 2.84. The van der Waals surface area contributed by atoms with Crippen molar-refractivity contribution in [3.05, 3.63) is 11.6 Å². The molecule has 0 amide bonds. The summed E-state index contributed by atoms with van der Waals surface area (Å²) in [6, 6.07) is 0. The van der Waals surface area contributed by atoms with Gasteiger partial charge in [0, 0.05) is 13.1 Å². The zero-order chi connectivity index (χ0) is 9.26. The van der Waals surface area contributed by atoms with Crippen molar-refractivity contribution < 1.29 is 9.47 Å². The largest absolute Gasteiger partial charge is 0.379 e. The fraction of sp³-hybridized carbons (Fsp3) is 0.800. The fourth-order valence-corrected chi connectivity index (χ4v) is 1.69. The van der Waals surface area contributed by atoms with Crippen LogP contribution in [0.25, 0.3) is 0 Å². The molecule has 2 heterocycles. The van der Waals surface area contributed by atoms with Gasteiger partial charge in [0.25, 0.3) is 0 Å². The summed E-state index contributed by atoms with van der Waals surface area (Å²) in [5.41, 5.74) is 1.33. The highest BCUT2D eigenvalue weighted by molar-refractivity contribution is 5.07. The van der Waals surface area contributed by atoms with Crippen LogP contribution < -0.4 is 0 Å². The molecule has 0 bridgehead atoms. The number of rotatable bonds is 2. The van der Waals surface area contributed by atoms with E-state index in [4.69, 9.17) is 9.47 Å². The van der Waals surface area contributed by atoms with Gasteiger partial charge in [0.15, 0.2) is 0 Å². The highest BCUT2D eigenvalue weighted by atomic mass is 16.6. The van der Waals surface area contributed by atoms with Crippen LogP contribution in [0.15, 0.2) is 11.6 Å². The normalized spacial score (nSPS) is 34.3. The summed E-state index contributed by atoms with van der Waals surface area (Å²) >= 11 is 0. The molecule has 74 valence electrons. The van der Waals surface area contributed by atoms with Gasteiger partial charge in [-0.25, -0.2) is 0 Å². The topological polar surface area (TPSA) is 25.0 Å². The highest BCUT2D eigenvalue weighted by Gasteiger charge is 2.42. The summed E-state index contributed by atoms with van der Waals surface area (Å²) in [4.78, 5) is 2.35. The number of epoxide rings is 1. The standard InChI is InChI=1S/C10H17NO2/c1-8(2)7-9-10(13-9)11-3-5-12-6-4-11/h7,9-10H,3-6H2,1-2H3. The van der Waals surface area contributed by atoms with Crippen LogP contribution in [0, 0.1) is 0 Å². The van der Waals surface area contributed by atoms with Crippen LogP contribution >= 0.6 is 0 Å². The van der Waals surface area contributed by atoms with Crippen molar-refractivity contribution in [1.82, 2.24) is 4.90 Å². The van der Waals surface area contributed by atoms with E-state index in [0.29, 0.717) is 12.3 Å². The van der Waals surface area contributed by atoms with Crippen molar-refractivity contribution in [2.24, 2.45) is 0 Å². The van der Waals surface area contributed by atoms with E-state index >= 15 is 0 Å². The maximum atomic E-state index is 5.56. The van der Waals surface area contributed by atoms with E-state index in [0.717, 1.165) is 26.3 Å². The average molecular weight is 183 g/mol. The van der Waals surface area contributed by atoms with Crippen LogP contribution in [0.5, 0.6) is 0 Å². The predicted octanol–water partition coefficient (Wildman–Crippen LogP) is 1.01. The first-order valence-electron chi connectivity index (χ1n) is 4.89. The zero-order valence-corrected chi connectivity index (χ0v) is 8.32. The lowest BCUT2D eigenvalue weighted by Gasteiger charge is -2.24. The lowest BCUT2D eigenvalue weighted by molar-refractivity contribution is 0.0162. The third-order valence-electron chi connectivity index (χ3n) is 2.40. The molecule has 2 rings (SSSR count). The monoisotopic (exact) mass is 183 g/mol. The Morgan fingerprint density at radius 2 is 2.00 bits per heavy atom. The molecule has 2 unspecified atom stereocenters. The van der Waals surface area contributed by atoms with Gasteiger partial charge in [-0.1, -0.05) is 11.6 Å². The van der Waals surface area contributed by atoms with Crippen molar-refractivity contribution >= 4 is 0 Å². The molecule has 2 saturated heterocycles. The summed E-state index contributed by atoms with van der Waals surface area (Å²) in [6.45, 7) is 7.94. The number of hydrogen-bond donors (Lipinski definition) is 0. The summed E-state index contributed by atoms with van der Waals surface area (Å²) in [6.07, 6.45) is 2.86. The third-order valence-corrected chi connectivity index (χ3v) is 2.40. The van der Waals surface area contributed by atoms with Crippen LogP contribution in [0.3, 0.4) is 0 Å². The van der Waals surface area contributed by atoms with E-state index in [1.807, 2.05) is 0 Å². The van der Waals surface area contributed by atoms with E-state index < -0.39 is 0 Å². The van der Waals surface area contributed by atoms with Gasteiger partial charge in [-0.2, -0.15) is 0 Å². The van der Waals surface area contributed by atoms with Crippen molar-refractivity contribution in [2.75, 3.05) is 26.3 Å². The number of hydrogen-bond acceptors (Lipinski definition) is 3. The van der Waals surface area contributed by atoms with Crippen molar-refractivity contribution in [3.8, 4) is 0 Å². The Kier molecular flexibility index (Phi) is 2.67. The molecule has 2 aliphatic heterocycles. The van der Waals surface area contributed by atoms with E-state index in [9.17, 15) is 0 Å². The van der Waals surface area contributed by atoms with E-state index in [-0.39, 0.29) is 0 Å². The van der Waals surface area contributed by atoms with E-state index in [1.165, 1.54) is 5.57 Å². The molecular formula is C10H17NO2. The molecule has 0 radical (unpaired) electrons. The smallest absolute Gasteiger partial charge is 0.141 e. The van der Waals surface area contributed by atoms with Gasteiger partial charge in [0.1, 0.15) is 12.3 Å². The van der Waals surface area contributed by atoms with Gasteiger partial charge in [0.2, 0.25) is 0 Å². The second-order valence-corrected chi connectivity index (χ2v) is 3.88. The molecule has 0 saturated carbocycles. The maximum absolute atomic E-state index is 5.56. The molecule has 0 aliphatic carbocycles. The van der Waals surface area contributed by atoms with Crippen LogP contribution in [-0.4, -0.2) is 43.5 Å². The molecule has 13 heavy (non-hydrogen) atoms. The Bertz CT molecular complexity index is 205. The first-order valence-corrected chi connectivity index (χ1v) is 4.89. The predicted molar refractivity (Wildman–Crippen MR) is 50.5 cm³/mol. The summed E-state index contributed by atoms with van der Waals surface area (Å²) in [5, 5.41) is 0. The molecule has 2 atom stereocenters. The molecule has 0 aromatic rings. The van der Waals surface area contributed by atoms with Crippen LogP contribution in [0.2, 0.25) is 0 Å². The molecule has 2 fully saturated rings. The number of ether oxygens (including phenoxy) is 2. The molecule has 0 N–H and O–H groups in total. The minimum Gasteiger partial charge on any atom is -0.379 e. The number of nitrogens with zero attached hydrogens (tertiary/aromatic N) is 1. The SMILES string of the molecule is CC(C)=CC1OC1N1CCOCC1. The molecule has 3 heteroatoms. The Hall–Kier alpha value is -0.380. The second-order valence-electron chi connectivity index (χ2n) is 3.88. The van der Waals surface area contributed by atoms with Gasteiger partial charge in [0.05, 0.1) is 13.2 Å². The summed E-state index contributed by atoms with van der Waals surface area (Å²) in [7, 11) is 0. The Labute approximate surface area is 79.3 Å². The van der Waals surface area contributed by atoms with Gasteiger partial charge in [-0.05, 0) is 13.8 Å². The molecular weight excluding hydrogens is 166 g/mol. The Morgan fingerprint density at radius 3 is 2.62 bits per heavy atom. The first-order chi connectivity index (χ1) is 6.27. The Morgan fingerprint density at radius 1 is 1.31 bits per heavy atom. The minimum atomic E-state index is 0.332. The van der Waals surface area contributed by atoms with E-state index in [1.54, 1.807) is 0 Å². The van der Waals surface area contributed by atoms with Gasteiger partial charge >= 0.3 is 0 Å². The van der Waals surface area contributed by atoms with Crippen LogP contribution in [0.4, 0.5) is 0 Å². The fourth-order valence-electron chi connectivity index (χ4n) is 1.69. The van der Waals surface area contributed by atoms with Crippen LogP contribution in [-0.2, 0) is 9.47 Å². The van der Waals surface area contributed by atoms with E-state index in [2.05, 4.69) is 24.8 Å². The molecule has 2 aliphatic rings. The molecule has 0 aromatic heterocycles. The van der Waals surface area contributed by atoms with Crippen molar-refractivity contribution in [1.29, 1.82) is 0 Å². The minimum absolute atomic E-state index is 0.332. The van der Waals surface area contributed by atoms with Gasteiger partial charge in [-0.15, -0.1) is 0 Å². The van der Waals surface area contributed by atoms with Crippen molar-refractivity contribution in [3.63, 3.8) is 0 Å². The zero-order valence-electron chi connectivity index (χ0n) is 8.32. The summed E-state index contributed by atoms with van der Waals surface area (Å²) < 4.78 is 10.8. The Balaban J connectivity index is 1.81. The number of morpholine rings is 1. The highest BCUT2D eigenvalue weighted by Crippen LogP contribution is 2.28. The van der Waals surface area contributed by atoms with Gasteiger partial charge in [-0.3, -0.25) is 4.90 Å². The summed E-state index contributed by atoms with van der Waals surface area (Å²) in [5.74, 6) is 0. The first kappa shape index (κ1) is 9.19. The maximum Gasteiger partial charge on any atom is 0.141 e. The lowest BCUT2D eigenvalue weighted by atomic mass is 10.2. The number of allylic oxidation sites excluding steroid dienone is 1. The third kappa shape index (κ3) is 2.30. The second kappa shape index (κ2) is 3.78. The molecule has 0 spiro atoms. The molecule has 3 nitrogen and oxygen atoms in total. The molecule has 0 aromatic carbocycles. The van der Waals surface area contributed by atoms with Crippen molar-refractivity contribution in [2.45, 2.75) is 26.2 Å². The van der Waals surface area contributed by atoms with Gasteiger partial charge < -0.3 is 9.47 Å². The van der Waals surface area contributed by atoms with Crippen LogP contribution in [0.1, 0.15) is 13.8 Å². The quantitative estimate of drug-likeness (QED) is 0.472.